The number of carbonyl (C=O) groups excluding carboxylic acids is 1. The van der Waals surface area contributed by atoms with Crippen molar-refractivity contribution < 1.29 is 41.7 Å². The maximum atomic E-state index is 12.4. The van der Waals surface area contributed by atoms with E-state index in [1.165, 1.54) is 6.07 Å². The zero-order valence-electron chi connectivity index (χ0n) is 12.5. The van der Waals surface area contributed by atoms with Gasteiger partial charge in [-0.25, -0.2) is 12.7 Å². The zero-order valence-corrected chi connectivity index (χ0v) is 15.5. The van der Waals surface area contributed by atoms with E-state index in [-0.39, 0.29) is 41.0 Å². The Morgan fingerprint density at radius 3 is 2.24 bits per heavy atom. The molecular formula is C14H21IN2O3S. The zero-order chi connectivity index (χ0) is 15.0. The summed E-state index contributed by atoms with van der Waals surface area (Å²) in [6.45, 7) is 6.81. The second kappa shape index (κ2) is 6.62. The van der Waals surface area contributed by atoms with E-state index in [4.69, 9.17) is 0 Å². The fourth-order valence-electron chi connectivity index (χ4n) is 2.32. The highest BCUT2D eigenvalue weighted by atomic mass is 127. The lowest BCUT2D eigenvalue weighted by atomic mass is 10.2. The van der Waals surface area contributed by atoms with Gasteiger partial charge in [-0.15, -0.1) is 0 Å². The standard InChI is InChI=1S/C14H21N2O3S.HI/c1-4-16(3,5-2)11-10-15-14(17)12-8-6-7-9-13(12)20(15,18)19;/h6-9H,4-5,10-11H2,1-3H3;1H/q+1;/p-1. The molecule has 0 bridgehead atoms. The van der Waals surface area contributed by atoms with Crippen LogP contribution in [0.15, 0.2) is 29.2 Å². The number of hydrogen-bond acceptors (Lipinski definition) is 3. The minimum atomic E-state index is -3.66. The third-order valence-electron chi connectivity index (χ3n) is 4.28. The first-order chi connectivity index (χ1) is 9.35. The number of benzene rings is 1. The third kappa shape index (κ3) is 3.24. The van der Waals surface area contributed by atoms with Crippen molar-refractivity contribution in [2.24, 2.45) is 0 Å². The van der Waals surface area contributed by atoms with Gasteiger partial charge in [-0.2, -0.15) is 0 Å². The van der Waals surface area contributed by atoms with E-state index < -0.39 is 15.9 Å². The molecular weight excluding hydrogens is 403 g/mol. The highest BCUT2D eigenvalue weighted by Gasteiger charge is 2.41. The molecule has 0 aliphatic carbocycles. The summed E-state index contributed by atoms with van der Waals surface area (Å²) in [4.78, 5) is 12.4. The quantitative estimate of drug-likeness (QED) is 0.420. The van der Waals surface area contributed by atoms with Crippen LogP contribution in [0.5, 0.6) is 0 Å². The molecule has 0 saturated carbocycles. The summed E-state index contributed by atoms with van der Waals surface area (Å²) in [5.41, 5.74) is 0.287. The average molecular weight is 424 g/mol. The number of carbonyl (C=O) groups is 1. The van der Waals surface area contributed by atoms with E-state index in [0.29, 0.717) is 6.54 Å². The Bertz CT molecular complexity index is 627. The van der Waals surface area contributed by atoms with Gasteiger partial charge in [-0.1, -0.05) is 12.1 Å². The smallest absolute Gasteiger partial charge is 0.269 e. The second-order valence-electron chi connectivity index (χ2n) is 5.35. The van der Waals surface area contributed by atoms with Crippen LogP contribution in [0.25, 0.3) is 0 Å². The number of halogens is 1. The second-order valence-corrected chi connectivity index (χ2v) is 7.18. The van der Waals surface area contributed by atoms with Gasteiger partial charge in [0.05, 0.1) is 38.8 Å². The van der Waals surface area contributed by atoms with Crippen LogP contribution in [-0.4, -0.2) is 56.3 Å². The molecule has 1 heterocycles. The molecule has 7 heteroatoms. The van der Waals surface area contributed by atoms with Crippen molar-refractivity contribution in [1.82, 2.24) is 4.31 Å². The van der Waals surface area contributed by atoms with Crippen LogP contribution >= 0.6 is 0 Å². The van der Waals surface area contributed by atoms with E-state index in [1.54, 1.807) is 18.2 Å². The molecule has 2 rings (SSSR count). The molecule has 1 aliphatic rings. The Hall–Kier alpha value is -0.670. The molecule has 0 aromatic heterocycles. The Morgan fingerprint density at radius 2 is 1.71 bits per heavy atom. The predicted octanol–water partition coefficient (Wildman–Crippen LogP) is -1.68. The number of fused-ring (bicyclic) bond motifs is 1. The molecule has 5 nitrogen and oxygen atoms in total. The lowest BCUT2D eigenvalue weighted by Crippen LogP contribution is -3.00. The molecule has 118 valence electrons. The van der Waals surface area contributed by atoms with E-state index >= 15 is 0 Å². The van der Waals surface area contributed by atoms with Crippen LogP contribution in [0.3, 0.4) is 0 Å². The number of sulfonamides is 1. The van der Waals surface area contributed by atoms with Crippen molar-refractivity contribution >= 4 is 15.9 Å². The number of likely N-dealkylation sites (N-methyl/N-ethyl adjacent to an activating group) is 1. The molecule has 1 aromatic rings. The summed E-state index contributed by atoms with van der Waals surface area (Å²) < 4.78 is 26.5. The minimum absolute atomic E-state index is 0. The molecule has 0 N–H and O–H groups in total. The fourth-order valence-corrected chi connectivity index (χ4v) is 3.88. The first-order valence-corrected chi connectivity index (χ1v) is 8.29. The Labute approximate surface area is 143 Å². The number of hydrogen-bond donors (Lipinski definition) is 0. The van der Waals surface area contributed by atoms with Crippen molar-refractivity contribution in [3.8, 4) is 0 Å². The first kappa shape index (κ1) is 18.4. The average Bonchev–Trinajstić information content (AvgIpc) is 2.65. The summed E-state index contributed by atoms with van der Waals surface area (Å²) in [5, 5.41) is 0. The van der Waals surface area contributed by atoms with Crippen molar-refractivity contribution in [1.29, 1.82) is 0 Å². The van der Waals surface area contributed by atoms with Gasteiger partial charge in [0.2, 0.25) is 0 Å². The summed E-state index contributed by atoms with van der Waals surface area (Å²) in [6.07, 6.45) is 0. The van der Waals surface area contributed by atoms with Crippen LogP contribution in [-0.2, 0) is 10.0 Å². The van der Waals surface area contributed by atoms with Gasteiger partial charge in [0.1, 0.15) is 4.90 Å². The number of rotatable bonds is 5. The van der Waals surface area contributed by atoms with Crippen molar-refractivity contribution in [2.45, 2.75) is 18.7 Å². The summed E-state index contributed by atoms with van der Waals surface area (Å²) >= 11 is 0. The van der Waals surface area contributed by atoms with Gasteiger partial charge >= 0.3 is 0 Å². The molecule has 0 radical (unpaired) electrons. The number of quaternary nitrogens is 1. The lowest BCUT2D eigenvalue weighted by Gasteiger charge is -2.33. The van der Waals surface area contributed by atoms with Gasteiger partial charge in [0.25, 0.3) is 15.9 Å². The van der Waals surface area contributed by atoms with Crippen molar-refractivity contribution in [2.75, 3.05) is 33.2 Å². The largest absolute Gasteiger partial charge is 1.00 e. The molecule has 21 heavy (non-hydrogen) atoms. The van der Waals surface area contributed by atoms with Crippen LogP contribution in [0.4, 0.5) is 0 Å². The monoisotopic (exact) mass is 424 g/mol. The van der Waals surface area contributed by atoms with E-state index in [0.717, 1.165) is 21.9 Å². The summed E-state index contributed by atoms with van der Waals surface area (Å²) in [7, 11) is -1.59. The van der Waals surface area contributed by atoms with E-state index in [9.17, 15) is 13.2 Å². The van der Waals surface area contributed by atoms with Gasteiger partial charge in [0.15, 0.2) is 0 Å². The fraction of sp³-hybridized carbons (Fsp3) is 0.500. The van der Waals surface area contributed by atoms with Crippen molar-refractivity contribution in [3.05, 3.63) is 29.8 Å². The molecule has 1 amide bonds. The van der Waals surface area contributed by atoms with Crippen LogP contribution < -0.4 is 24.0 Å². The van der Waals surface area contributed by atoms with E-state index in [1.807, 2.05) is 0 Å². The Balaban J connectivity index is 0.00000220. The SMILES string of the molecule is CC[N+](C)(CC)CCN1C(=O)c2ccccc2S1(=O)=O.[I-]. The highest BCUT2D eigenvalue weighted by molar-refractivity contribution is 7.90. The minimum Gasteiger partial charge on any atom is -1.00 e. The Morgan fingerprint density at radius 1 is 1.14 bits per heavy atom. The maximum absolute atomic E-state index is 12.4. The molecule has 0 spiro atoms. The summed E-state index contributed by atoms with van der Waals surface area (Å²) in [5.74, 6) is -0.403. The lowest BCUT2D eigenvalue weighted by molar-refractivity contribution is -0.905. The highest BCUT2D eigenvalue weighted by Crippen LogP contribution is 2.29. The van der Waals surface area contributed by atoms with E-state index in [2.05, 4.69) is 20.9 Å². The molecule has 0 atom stereocenters. The number of amides is 1. The van der Waals surface area contributed by atoms with Gasteiger partial charge < -0.3 is 28.5 Å². The molecule has 0 saturated heterocycles. The van der Waals surface area contributed by atoms with Crippen LogP contribution in [0.2, 0.25) is 0 Å². The first-order valence-electron chi connectivity index (χ1n) is 6.85. The molecule has 0 fully saturated rings. The summed E-state index contributed by atoms with van der Waals surface area (Å²) in [6, 6.07) is 6.40. The van der Waals surface area contributed by atoms with Crippen LogP contribution in [0.1, 0.15) is 24.2 Å². The van der Waals surface area contributed by atoms with Crippen molar-refractivity contribution in [3.63, 3.8) is 0 Å². The maximum Gasteiger partial charge on any atom is 0.269 e. The number of nitrogens with zero attached hydrogens (tertiary/aromatic N) is 2. The third-order valence-corrected chi connectivity index (χ3v) is 6.12. The van der Waals surface area contributed by atoms with Gasteiger partial charge in [-0.05, 0) is 26.0 Å². The van der Waals surface area contributed by atoms with Gasteiger partial charge in [-0.3, -0.25) is 4.79 Å². The molecule has 1 aliphatic heterocycles. The molecule has 0 unspecified atom stereocenters. The molecule has 1 aromatic carbocycles. The topological polar surface area (TPSA) is 54.5 Å². The van der Waals surface area contributed by atoms with Crippen LogP contribution in [0, 0.1) is 0 Å². The normalized spacial score (nSPS) is 16.5. The Kier molecular flexibility index (Phi) is 5.79. The van der Waals surface area contributed by atoms with Gasteiger partial charge in [0, 0.05) is 0 Å². The predicted molar refractivity (Wildman–Crippen MR) is 76.8 cm³/mol.